The van der Waals surface area contributed by atoms with Crippen molar-refractivity contribution in [2.45, 2.75) is 20.8 Å². The Balaban J connectivity index is 1.93. The first-order valence-electron chi connectivity index (χ1n) is 10.3. The summed E-state index contributed by atoms with van der Waals surface area (Å²) < 4.78 is 6.10. The van der Waals surface area contributed by atoms with Gasteiger partial charge in [0.2, 0.25) is 0 Å². The zero-order valence-corrected chi connectivity index (χ0v) is 18.2. The molecule has 0 spiro atoms. The van der Waals surface area contributed by atoms with Crippen LogP contribution < -0.4 is 9.64 Å². The standard InChI is InChI=1S/C27H25NO4/c1-17-14-15-25(23(29)16-17)32-24-13-5-4-10-20(24)28(21-11-6-8-18(2)26(21)30)22-12-7-9-19(3)27(22)31/h4-16,29-31H,1-3H3. The van der Waals surface area contributed by atoms with Crippen LogP contribution in [0.4, 0.5) is 17.1 Å². The average molecular weight is 428 g/mol. The smallest absolute Gasteiger partial charge is 0.169 e. The molecule has 5 heteroatoms. The maximum atomic E-state index is 10.9. The highest BCUT2D eigenvalue weighted by molar-refractivity contribution is 5.86. The minimum Gasteiger partial charge on any atom is -0.505 e. The van der Waals surface area contributed by atoms with Gasteiger partial charge in [-0.3, -0.25) is 4.90 Å². The molecule has 0 aliphatic carbocycles. The van der Waals surface area contributed by atoms with E-state index >= 15 is 0 Å². The van der Waals surface area contributed by atoms with E-state index in [2.05, 4.69) is 0 Å². The fourth-order valence-electron chi connectivity index (χ4n) is 3.60. The molecular formula is C27H25NO4. The summed E-state index contributed by atoms with van der Waals surface area (Å²) in [6.45, 7) is 5.53. The summed E-state index contributed by atoms with van der Waals surface area (Å²) in [6, 6.07) is 23.4. The largest absolute Gasteiger partial charge is 0.505 e. The first kappa shape index (κ1) is 21.1. The molecule has 0 saturated heterocycles. The second kappa shape index (κ2) is 8.55. The molecule has 162 valence electrons. The number of hydrogen-bond donors (Lipinski definition) is 3. The Morgan fingerprint density at radius 2 is 1.16 bits per heavy atom. The molecule has 4 aromatic rings. The number of phenolic OH excluding ortho intramolecular Hbond substituents is 3. The van der Waals surface area contributed by atoms with Gasteiger partial charge in [0.25, 0.3) is 0 Å². The summed E-state index contributed by atoms with van der Waals surface area (Å²) in [4.78, 5) is 1.76. The van der Waals surface area contributed by atoms with Crippen LogP contribution in [-0.4, -0.2) is 15.3 Å². The maximum Gasteiger partial charge on any atom is 0.169 e. The lowest BCUT2D eigenvalue weighted by molar-refractivity contribution is 0.411. The van der Waals surface area contributed by atoms with Crippen LogP contribution >= 0.6 is 0 Å². The Morgan fingerprint density at radius 1 is 0.594 bits per heavy atom. The maximum absolute atomic E-state index is 10.9. The number of phenols is 3. The molecule has 0 amide bonds. The molecule has 4 rings (SSSR count). The summed E-state index contributed by atoms with van der Waals surface area (Å²) in [5.74, 6) is 0.990. The van der Waals surface area contributed by atoms with Gasteiger partial charge in [0, 0.05) is 0 Å². The monoisotopic (exact) mass is 427 g/mol. The van der Waals surface area contributed by atoms with E-state index in [1.54, 1.807) is 35.2 Å². The number of rotatable bonds is 5. The van der Waals surface area contributed by atoms with Crippen molar-refractivity contribution < 1.29 is 20.1 Å². The summed E-state index contributed by atoms with van der Waals surface area (Å²) in [5, 5.41) is 32.2. The molecule has 0 unspecified atom stereocenters. The quantitative estimate of drug-likeness (QED) is 0.320. The first-order valence-corrected chi connectivity index (χ1v) is 10.3. The van der Waals surface area contributed by atoms with Gasteiger partial charge in [0.15, 0.2) is 17.2 Å². The number of nitrogens with zero attached hydrogens (tertiary/aromatic N) is 1. The van der Waals surface area contributed by atoms with Gasteiger partial charge in [-0.2, -0.15) is 0 Å². The molecule has 0 aliphatic rings. The minimum absolute atomic E-state index is 0.0307. The Kier molecular flexibility index (Phi) is 5.65. The number of ether oxygens (including phenoxy) is 1. The predicted octanol–water partition coefficient (Wildman–Crippen LogP) is 6.99. The molecule has 0 aliphatic heterocycles. The van der Waals surface area contributed by atoms with Crippen LogP contribution in [0.15, 0.2) is 78.9 Å². The van der Waals surface area contributed by atoms with Crippen LogP contribution in [-0.2, 0) is 0 Å². The normalized spacial score (nSPS) is 10.7. The molecule has 0 radical (unpaired) electrons. The van der Waals surface area contributed by atoms with E-state index in [1.165, 1.54) is 0 Å². The zero-order valence-electron chi connectivity index (χ0n) is 18.2. The molecule has 0 fully saturated rings. The van der Waals surface area contributed by atoms with E-state index in [4.69, 9.17) is 4.74 Å². The SMILES string of the molecule is Cc1ccc(Oc2ccccc2N(c2cccc(C)c2O)c2cccc(C)c2O)c(O)c1. The number of hydrogen-bond acceptors (Lipinski definition) is 5. The molecule has 0 saturated carbocycles. The second-order valence-corrected chi connectivity index (χ2v) is 7.76. The Bertz CT molecular complexity index is 1230. The van der Waals surface area contributed by atoms with Crippen molar-refractivity contribution in [2.75, 3.05) is 4.90 Å². The molecule has 0 bridgehead atoms. The van der Waals surface area contributed by atoms with Gasteiger partial charge >= 0.3 is 0 Å². The van der Waals surface area contributed by atoms with Gasteiger partial charge in [-0.25, -0.2) is 0 Å². The second-order valence-electron chi connectivity index (χ2n) is 7.76. The van der Waals surface area contributed by atoms with Crippen molar-refractivity contribution in [3.05, 3.63) is 95.6 Å². The first-order chi connectivity index (χ1) is 15.4. The molecule has 0 atom stereocenters. The van der Waals surface area contributed by atoms with Crippen molar-refractivity contribution in [1.29, 1.82) is 0 Å². The Morgan fingerprint density at radius 3 is 1.75 bits per heavy atom. The van der Waals surface area contributed by atoms with Crippen LogP contribution in [0, 0.1) is 20.8 Å². The van der Waals surface area contributed by atoms with E-state index in [-0.39, 0.29) is 17.2 Å². The van der Waals surface area contributed by atoms with Gasteiger partial charge in [-0.15, -0.1) is 0 Å². The predicted molar refractivity (Wildman–Crippen MR) is 127 cm³/mol. The van der Waals surface area contributed by atoms with Gasteiger partial charge in [-0.1, -0.05) is 42.5 Å². The van der Waals surface area contributed by atoms with E-state index in [0.717, 1.165) is 5.56 Å². The minimum atomic E-state index is 0.0307. The van der Waals surface area contributed by atoms with Gasteiger partial charge in [-0.05, 0) is 73.9 Å². The molecular weight excluding hydrogens is 402 g/mol. The molecule has 0 heterocycles. The number of aryl methyl sites for hydroxylation is 3. The third-order valence-corrected chi connectivity index (χ3v) is 5.36. The third kappa shape index (κ3) is 3.93. The van der Waals surface area contributed by atoms with Gasteiger partial charge in [0.05, 0.1) is 17.1 Å². The van der Waals surface area contributed by atoms with E-state index in [0.29, 0.717) is 39.7 Å². The van der Waals surface area contributed by atoms with Crippen molar-refractivity contribution in [2.24, 2.45) is 0 Å². The van der Waals surface area contributed by atoms with Crippen molar-refractivity contribution in [3.63, 3.8) is 0 Å². The molecule has 5 nitrogen and oxygen atoms in total. The van der Waals surface area contributed by atoms with E-state index in [1.807, 2.05) is 69.3 Å². The number of aromatic hydroxyl groups is 3. The van der Waals surface area contributed by atoms with Crippen LogP contribution in [0.5, 0.6) is 28.7 Å². The number of benzene rings is 4. The lowest BCUT2D eigenvalue weighted by atomic mass is 10.1. The van der Waals surface area contributed by atoms with Crippen molar-refractivity contribution >= 4 is 17.1 Å². The molecule has 32 heavy (non-hydrogen) atoms. The summed E-state index contributed by atoms with van der Waals surface area (Å²) >= 11 is 0. The molecule has 3 N–H and O–H groups in total. The van der Waals surface area contributed by atoms with Crippen LogP contribution in [0.1, 0.15) is 16.7 Å². The van der Waals surface area contributed by atoms with Crippen molar-refractivity contribution in [1.82, 2.24) is 0 Å². The van der Waals surface area contributed by atoms with Gasteiger partial charge < -0.3 is 20.1 Å². The number of para-hydroxylation sites is 4. The number of anilines is 3. The summed E-state index contributed by atoms with van der Waals surface area (Å²) in [6.07, 6.45) is 0. The zero-order chi connectivity index (χ0) is 22.8. The van der Waals surface area contributed by atoms with Crippen molar-refractivity contribution in [3.8, 4) is 28.7 Å². The van der Waals surface area contributed by atoms with Crippen LogP contribution in [0.2, 0.25) is 0 Å². The highest BCUT2D eigenvalue weighted by atomic mass is 16.5. The lowest BCUT2D eigenvalue weighted by Gasteiger charge is -2.29. The average Bonchev–Trinajstić information content (AvgIpc) is 2.77. The summed E-state index contributed by atoms with van der Waals surface area (Å²) in [7, 11) is 0. The van der Waals surface area contributed by atoms with E-state index in [9.17, 15) is 15.3 Å². The van der Waals surface area contributed by atoms with Crippen LogP contribution in [0.25, 0.3) is 0 Å². The van der Waals surface area contributed by atoms with Crippen LogP contribution in [0.3, 0.4) is 0 Å². The van der Waals surface area contributed by atoms with E-state index < -0.39 is 0 Å². The molecule has 4 aromatic carbocycles. The fraction of sp³-hybridized carbons (Fsp3) is 0.111. The molecule has 0 aromatic heterocycles. The highest BCUT2D eigenvalue weighted by Crippen LogP contribution is 2.48. The highest BCUT2D eigenvalue weighted by Gasteiger charge is 2.23. The van der Waals surface area contributed by atoms with Gasteiger partial charge in [0.1, 0.15) is 11.5 Å². The topological polar surface area (TPSA) is 73.2 Å². The summed E-state index contributed by atoms with van der Waals surface area (Å²) in [5.41, 5.74) is 3.90. The Labute approximate surface area is 187 Å². The fourth-order valence-corrected chi connectivity index (χ4v) is 3.60. The lowest BCUT2D eigenvalue weighted by Crippen LogP contribution is -2.12. The third-order valence-electron chi connectivity index (χ3n) is 5.36. The Hall–Kier alpha value is -4.12.